The fourth-order valence-corrected chi connectivity index (χ4v) is 5.96. The molecule has 0 aliphatic heterocycles. The van der Waals surface area contributed by atoms with Crippen molar-refractivity contribution < 1.29 is 35.5 Å². The van der Waals surface area contributed by atoms with Crippen LogP contribution in [-0.2, 0) is 0 Å². The molecule has 2 aromatic carbocycles. The van der Waals surface area contributed by atoms with E-state index >= 15 is 4.39 Å². The zero-order valence-corrected chi connectivity index (χ0v) is 21.2. The zero-order valence-electron chi connectivity index (χ0n) is 21.2. The quantitative estimate of drug-likeness (QED) is 0.303. The van der Waals surface area contributed by atoms with Crippen molar-refractivity contribution >= 4 is 5.57 Å². The average Bonchev–Trinajstić information content (AvgIpc) is 2.86. The molecular formula is C30H31F7O. The van der Waals surface area contributed by atoms with Gasteiger partial charge >= 0.3 is 6.11 Å². The molecule has 0 amide bonds. The smallest absolute Gasteiger partial charge is 0.423 e. The van der Waals surface area contributed by atoms with Crippen LogP contribution >= 0.6 is 0 Å². The largest absolute Gasteiger partial charge is 0.425 e. The van der Waals surface area contributed by atoms with Crippen molar-refractivity contribution in [1.82, 2.24) is 0 Å². The summed E-state index contributed by atoms with van der Waals surface area (Å²) in [7, 11) is 0. The van der Waals surface area contributed by atoms with Crippen LogP contribution in [0.4, 0.5) is 30.7 Å². The third-order valence-electron chi connectivity index (χ3n) is 7.87. The van der Waals surface area contributed by atoms with Crippen molar-refractivity contribution in [2.45, 2.75) is 70.8 Å². The molecule has 2 aromatic rings. The lowest BCUT2D eigenvalue weighted by Crippen LogP contribution is -2.23. The number of benzene rings is 2. The average molecular weight is 541 g/mol. The topological polar surface area (TPSA) is 9.23 Å². The molecule has 38 heavy (non-hydrogen) atoms. The van der Waals surface area contributed by atoms with Gasteiger partial charge in [-0.2, -0.15) is 17.6 Å². The van der Waals surface area contributed by atoms with Crippen molar-refractivity contribution in [3.8, 4) is 16.9 Å². The first-order chi connectivity index (χ1) is 18.1. The fourth-order valence-electron chi connectivity index (χ4n) is 5.96. The molecule has 2 aliphatic carbocycles. The lowest BCUT2D eigenvalue weighted by molar-refractivity contribution is -0.137. The van der Waals surface area contributed by atoms with Gasteiger partial charge in [-0.05, 0) is 84.8 Å². The third kappa shape index (κ3) is 6.80. The number of ether oxygens (including phenoxy) is 1. The highest BCUT2D eigenvalue weighted by molar-refractivity contribution is 5.72. The highest BCUT2D eigenvalue weighted by Gasteiger charge is 2.33. The minimum absolute atomic E-state index is 0.127. The second-order valence-electron chi connectivity index (χ2n) is 10.4. The number of allylic oxidation sites excluding steroid dienone is 2. The lowest BCUT2D eigenvalue weighted by atomic mass is 9.70. The van der Waals surface area contributed by atoms with Crippen LogP contribution in [0, 0.1) is 35.2 Å². The number of hydrogen-bond donors (Lipinski definition) is 0. The maximum absolute atomic E-state index is 15.0. The van der Waals surface area contributed by atoms with Crippen LogP contribution in [0.25, 0.3) is 16.7 Å². The van der Waals surface area contributed by atoms with Crippen molar-refractivity contribution in [3.63, 3.8) is 0 Å². The van der Waals surface area contributed by atoms with E-state index in [-0.39, 0.29) is 11.1 Å². The van der Waals surface area contributed by atoms with Gasteiger partial charge in [-0.1, -0.05) is 50.8 Å². The molecule has 0 bridgehead atoms. The molecule has 8 heteroatoms. The molecule has 0 spiro atoms. The summed E-state index contributed by atoms with van der Waals surface area (Å²) in [6, 6.07) is 5.62. The van der Waals surface area contributed by atoms with Crippen molar-refractivity contribution in [1.29, 1.82) is 0 Å². The molecule has 1 atom stereocenters. The first kappa shape index (κ1) is 28.2. The van der Waals surface area contributed by atoms with Crippen LogP contribution in [0.1, 0.15) is 70.3 Å². The Hall–Kier alpha value is -2.77. The van der Waals surface area contributed by atoms with Crippen LogP contribution in [0.5, 0.6) is 5.75 Å². The minimum Gasteiger partial charge on any atom is -0.423 e. The van der Waals surface area contributed by atoms with Gasteiger partial charge in [0.2, 0.25) is 0 Å². The van der Waals surface area contributed by atoms with E-state index in [4.69, 9.17) is 0 Å². The molecule has 0 radical (unpaired) electrons. The minimum atomic E-state index is -4.63. The Morgan fingerprint density at radius 3 is 2.11 bits per heavy atom. The highest BCUT2D eigenvalue weighted by Crippen LogP contribution is 2.42. The number of rotatable bonds is 8. The predicted molar refractivity (Wildman–Crippen MR) is 133 cm³/mol. The summed E-state index contributed by atoms with van der Waals surface area (Å²) in [6.45, 7) is 2.24. The molecule has 1 unspecified atom stereocenters. The molecule has 1 fully saturated rings. The van der Waals surface area contributed by atoms with Crippen LogP contribution in [-0.4, -0.2) is 6.11 Å². The van der Waals surface area contributed by atoms with Gasteiger partial charge in [0.05, 0.1) is 6.08 Å². The van der Waals surface area contributed by atoms with E-state index < -0.39 is 41.5 Å². The summed E-state index contributed by atoms with van der Waals surface area (Å²) < 4.78 is 98.7. The molecule has 4 rings (SSSR count). The van der Waals surface area contributed by atoms with Gasteiger partial charge in [0, 0.05) is 5.56 Å². The van der Waals surface area contributed by atoms with Crippen molar-refractivity contribution in [2.75, 3.05) is 0 Å². The summed E-state index contributed by atoms with van der Waals surface area (Å²) in [5.74, 6) is -3.15. The van der Waals surface area contributed by atoms with E-state index in [9.17, 15) is 26.3 Å². The lowest BCUT2D eigenvalue weighted by Gasteiger charge is -2.35. The first-order valence-electron chi connectivity index (χ1n) is 13.1. The van der Waals surface area contributed by atoms with Crippen LogP contribution in [0.3, 0.4) is 0 Å². The number of alkyl halides is 2. The van der Waals surface area contributed by atoms with Crippen LogP contribution in [0.15, 0.2) is 48.6 Å². The Bertz CT molecular complexity index is 1170. The van der Waals surface area contributed by atoms with Gasteiger partial charge in [-0.15, -0.1) is 0 Å². The third-order valence-corrected chi connectivity index (χ3v) is 7.87. The summed E-state index contributed by atoms with van der Waals surface area (Å²) in [5, 5.41) is 0. The normalized spacial score (nSPS) is 22.1. The van der Waals surface area contributed by atoms with Gasteiger partial charge in [0.15, 0.2) is 17.4 Å². The monoisotopic (exact) mass is 540 g/mol. The molecule has 0 N–H and O–H groups in total. The van der Waals surface area contributed by atoms with Crippen LogP contribution < -0.4 is 4.74 Å². The molecule has 206 valence electrons. The second-order valence-corrected chi connectivity index (χ2v) is 10.4. The summed E-state index contributed by atoms with van der Waals surface area (Å²) in [4.78, 5) is 0. The molecule has 0 aromatic heterocycles. The van der Waals surface area contributed by atoms with Gasteiger partial charge < -0.3 is 4.74 Å². The molecular weight excluding hydrogens is 509 g/mol. The Kier molecular flexibility index (Phi) is 8.89. The Morgan fingerprint density at radius 1 is 0.895 bits per heavy atom. The Labute approximate surface area is 218 Å². The van der Waals surface area contributed by atoms with E-state index in [1.807, 2.05) is 0 Å². The molecule has 0 heterocycles. The SMILES string of the molecule is CCCC1CCC(C2CC=C(c3ccc(-c4cc(F)c(OC(F)(F)C=C(F)F)c(F)c4)c(F)c3)CC2)CC1. The van der Waals surface area contributed by atoms with E-state index in [1.165, 1.54) is 50.7 Å². The standard InChI is InChI=1S/C30H31F7O/c1-2-3-18-4-6-19(7-5-18)20-8-10-21(11-9-20)22-12-13-24(25(31)14-22)23-15-26(32)29(27(33)16-23)38-30(36,37)17-28(34)35/h10,12-20H,2-9,11H2,1H3. The predicted octanol–water partition coefficient (Wildman–Crippen LogP) is 10.3. The van der Waals surface area contributed by atoms with Gasteiger partial charge in [0.1, 0.15) is 5.82 Å². The van der Waals surface area contributed by atoms with Gasteiger partial charge in [-0.25, -0.2) is 13.2 Å². The molecule has 2 aliphatic rings. The maximum Gasteiger partial charge on any atom is 0.425 e. The fraction of sp³-hybridized carbons (Fsp3) is 0.467. The molecule has 1 nitrogen and oxygen atoms in total. The zero-order chi connectivity index (χ0) is 27.4. The van der Waals surface area contributed by atoms with Crippen molar-refractivity contribution in [3.05, 3.63) is 71.6 Å². The van der Waals surface area contributed by atoms with Gasteiger partial charge in [0.25, 0.3) is 6.08 Å². The van der Waals surface area contributed by atoms with Crippen molar-refractivity contribution in [2.24, 2.45) is 17.8 Å². The van der Waals surface area contributed by atoms with E-state index in [0.29, 0.717) is 23.6 Å². The van der Waals surface area contributed by atoms with E-state index in [2.05, 4.69) is 17.7 Å². The summed E-state index contributed by atoms with van der Waals surface area (Å²) in [5.41, 5.74) is 1.36. The van der Waals surface area contributed by atoms with Gasteiger partial charge in [-0.3, -0.25) is 0 Å². The maximum atomic E-state index is 15.0. The first-order valence-corrected chi connectivity index (χ1v) is 13.1. The number of halogens is 7. The van der Waals surface area contributed by atoms with E-state index in [1.54, 1.807) is 6.07 Å². The number of hydrogen-bond acceptors (Lipinski definition) is 1. The molecule has 0 saturated heterocycles. The Balaban J connectivity index is 1.45. The Morgan fingerprint density at radius 2 is 1.55 bits per heavy atom. The van der Waals surface area contributed by atoms with Crippen LogP contribution in [0.2, 0.25) is 0 Å². The molecule has 1 saturated carbocycles. The summed E-state index contributed by atoms with van der Waals surface area (Å²) in [6.07, 6.45) is 4.46. The second kappa shape index (κ2) is 12.0. The summed E-state index contributed by atoms with van der Waals surface area (Å²) >= 11 is 0. The van der Waals surface area contributed by atoms with E-state index in [0.717, 1.165) is 36.7 Å². The highest BCUT2D eigenvalue weighted by atomic mass is 19.3.